The van der Waals surface area contributed by atoms with Crippen LogP contribution in [0.3, 0.4) is 0 Å². The summed E-state index contributed by atoms with van der Waals surface area (Å²) < 4.78 is 25.7. The molecule has 17 heavy (non-hydrogen) atoms. The second kappa shape index (κ2) is 5.26. The molecule has 2 atom stereocenters. The SMILES string of the molecule is CC(N)C(NS(=O)(=O)c1ccccc1)C(=O)O. The van der Waals surface area contributed by atoms with Crippen molar-refractivity contribution >= 4 is 16.0 Å². The molecule has 1 aromatic rings. The summed E-state index contributed by atoms with van der Waals surface area (Å²) in [4.78, 5) is 10.8. The fourth-order valence-electron chi connectivity index (χ4n) is 1.22. The van der Waals surface area contributed by atoms with E-state index in [9.17, 15) is 13.2 Å². The minimum Gasteiger partial charge on any atom is -0.480 e. The first-order valence-corrected chi connectivity index (χ1v) is 6.38. The van der Waals surface area contributed by atoms with E-state index in [4.69, 9.17) is 10.8 Å². The number of nitrogens with one attached hydrogen (secondary N) is 1. The summed E-state index contributed by atoms with van der Waals surface area (Å²) in [5, 5.41) is 8.85. The number of carboxylic acid groups (broad SMARTS) is 1. The maximum atomic E-state index is 11.8. The molecule has 0 bridgehead atoms. The quantitative estimate of drug-likeness (QED) is 0.675. The summed E-state index contributed by atoms with van der Waals surface area (Å²) in [7, 11) is -3.86. The fraction of sp³-hybridized carbons (Fsp3) is 0.300. The number of hydrogen-bond donors (Lipinski definition) is 3. The van der Waals surface area contributed by atoms with Crippen LogP contribution < -0.4 is 10.5 Å². The van der Waals surface area contributed by atoms with Gasteiger partial charge in [0.25, 0.3) is 0 Å². The molecule has 0 heterocycles. The van der Waals surface area contributed by atoms with E-state index in [-0.39, 0.29) is 4.90 Å². The molecule has 4 N–H and O–H groups in total. The number of benzene rings is 1. The number of hydrogen-bond acceptors (Lipinski definition) is 4. The molecule has 0 spiro atoms. The summed E-state index contributed by atoms with van der Waals surface area (Å²) in [5.74, 6) is -1.31. The van der Waals surface area contributed by atoms with Gasteiger partial charge in [0.05, 0.1) is 4.90 Å². The van der Waals surface area contributed by atoms with E-state index >= 15 is 0 Å². The van der Waals surface area contributed by atoms with Gasteiger partial charge in [-0.1, -0.05) is 18.2 Å². The zero-order valence-electron chi connectivity index (χ0n) is 9.20. The van der Waals surface area contributed by atoms with Gasteiger partial charge in [-0.25, -0.2) is 8.42 Å². The van der Waals surface area contributed by atoms with E-state index in [1.807, 2.05) is 0 Å². The third kappa shape index (κ3) is 3.52. The van der Waals surface area contributed by atoms with Crippen LogP contribution >= 0.6 is 0 Å². The molecule has 2 unspecified atom stereocenters. The molecular formula is C10H14N2O4S. The number of sulfonamides is 1. The summed E-state index contributed by atoms with van der Waals surface area (Å²) in [6.45, 7) is 1.42. The molecular weight excluding hydrogens is 244 g/mol. The summed E-state index contributed by atoms with van der Waals surface area (Å²) in [5.41, 5.74) is 5.42. The average Bonchev–Trinajstić information content (AvgIpc) is 2.26. The van der Waals surface area contributed by atoms with Crippen LogP contribution in [0.5, 0.6) is 0 Å². The Morgan fingerprint density at radius 2 is 1.88 bits per heavy atom. The van der Waals surface area contributed by atoms with Crippen molar-refractivity contribution in [2.75, 3.05) is 0 Å². The molecule has 0 aromatic heterocycles. The second-order valence-corrected chi connectivity index (χ2v) is 5.32. The smallest absolute Gasteiger partial charge is 0.323 e. The lowest BCUT2D eigenvalue weighted by atomic mass is 10.2. The van der Waals surface area contributed by atoms with Crippen molar-refractivity contribution in [2.45, 2.75) is 23.9 Å². The molecule has 94 valence electrons. The van der Waals surface area contributed by atoms with Crippen LogP contribution in [0, 0.1) is 0 Å². The van der Waals surface area contributed by atoms with Crippen molar-refractivity contribution in [3.63, 3.8) is 0 Å². The highest BCUT2D eigenvalue weighted by Gasteiger charge is 2.28. The monoisotopic (exact) mass is 258 g/mol. The Morgan fingerprint density at radius 3 is 2.29 bits per heavy atom. The first kappa shape index (κ1) is 13.6. The normalized spacial score (nSPS) is 15.2. The number of carboxylic acids is 1. The van der Waals surface area contributed by atoms with Gasteiger partial charge in [-0.15, -0.1) is 0 Å². The second-order valence-electron chi connectivity index (χ2n) is 3.61. The van der Waals surface area contributed by atoms with Gasteiger partial charge >= 0.3 is 5.97 Å². The maximum Gasteiger partial charge on any atom is 0.323 e. The summed E-state index contributed by atoms with van der Waals surface area (Å²) in [6.07, 6.45) is 0. The van der Waals surface area contributed by atoms with E-state index in [1.54, 1.807) is 18.2 Å². The maximum absolute atomic E-state index is 11.8. The topological polar surface area (TPSA) is 109 Å². The Bertz CT molecular complexity index is 484. The summed E-state index contributed by atoms with van der Waals surface area (Å²) >= 11 is 0. The van der Waals surface area contributed by atoms with Crippen LogP contribution in [0.1, 0.15) is 6.92 Å². The lowest BCUT2D eigenvalue weighted by Gasteiger charge is -2.17. The number of rotatable bonds is 5. The molecule has 0 aliphatic carbocycles. The van der Waals surface area contributed by atoms with Gasteiger partial charge in [-0.3, -0.25) is 4.79 Å². The van der Waals surface area contributed by atoms with Crippen molar-refractivity contribution in [1.82, 2.24) is 4.72 Å². The highest BCUT2D eigenvalue weighted by molar-refractivity contribution is 7.89. The molecule has 0 aliphatic rings. The minimum absolute atomic E-state index is 0.00639. The Kier molecular flexibility index (Phi) is 4.22. The lowest BCUT2D eigenvalue weighted by molar-refractivity contribution is -0.139. The third-order valence-corrected chi connectivity index (χ3v) is 3.58. The molecule has 7 heteroatoms. The van der Waals surface area contributed by atoms with Crippen LogP contribution in [0.15, 0.2) is 35.2 Å². The van der Waals surface area contributed by atoms with Crippen LogP contribution in [0.25, 0.3) is 0 Å². The largest absolute Gasteiger partial charge is 0.480 e. The summed E-state index contributed by atoms with van der Waals surface area (Å²) in [6, 6.07) is 5.35. The molecule has 0 aliphatic heterocycles. The lowest BCUT2D eigenvalue weighted by Crippen LogP contribution is -2.50. The fourth-order valence-corrected chi connectivity index (χ4v) is 2.52. The van der Waals surface area contributed by atoms with Gasteiger partial charge in [-0.05, 0) is 19.1 Å². The zero-order valence-corrected chi connectivity index (χ0v) is 10.0. The standard InChI is InChI=1S/C10H14N2O4S/c1-7(11)9(10(13)14)12-17(15,16)8-5-3-2-4-6-8/h2-7,9,12H,11H2,1H3,(H,13,14). The van der Waals surface area contributed by atoms with E-state index < -0.39 is 28.1 Å². The Hall–Kier alpha value is -1.44. The first-order valence-electron chi connectivity index (χ1n) is 4.90. The van der Waals surface area contributed by atoms with Crippen molar-refractivity contribution in [2.24, 2.45) is 5.73 Å². The van der Waals surface area contributed by atoms with E-state index in [0.717, 1.165) is 0 Å². The average molecular weight is 258 g/mol. The molecule has 0 radical (unpaired) electrons. The number of carbonyl (C=O) groups is 1. The van der Waals surface area contributed by atoms with Crippen molar-refractivity contribution in [1.29, 1.82) is 0 Å². The van der Waals surface area contributed by atoms with E-state index in [0.29, 0.717) is 0 Å². The van der Waals surface area contributed by atoms with Crippen molar-refractivity contribution in [3.05, 3.63) is 30.3 Å². The number of aliphatic carboxylic acids is 1. The Morgan fingerprint density at radius 1 is 1.35 bits per heavy atom. The van der Waals surface area contributed by atoms with E-state index in [1.165, 1.54) is 19.1 Å². The van der Waals surface area contributed by atoms with Gasteiger partial charge < -0.3 is 10.8 Å². The Balaban J connectivity index is 2.97. The molecule has 0 saturated carbocycles. The van der Waals surface area contributed by atoms with Crippen LogP contribution in [-0.4, -0.2) is 31.6 Å². The Labute approximate surface area is 99.5 Å². The number of nitrogens with two attached hydrogens (primary N) is 1. The first-order chi connectivity index (χ1) is 7.84. The highest BCUT2D eigenvalue weighted by Crippen LogP contribution is 2.08. The third-order valence-electron chi connectivity index (χ3n) is 2.13. The molecule has 1 aromatic carbocycles. The zero-order chi connectivity index (χ0) is 13.1. The van der Waals surface area contributed by atoms with Crippen LogP contribution in [0.4, 0.5) is 0 Å². The van der Waals surface area contributed by atoms with Gasteiger partial charge in [-0.2, -0.15) is 4.72 Å². The van der Waals surface area contributed by atoms with Gasteiger partial charge in [0, 0.05) is 6.04 Å². The van der Waals surface area contributed by atoms with Crippen LogP contribution in [-0.2, 0) is 14.8 Å². The highest BCUT2D eigenvalue weighted by atomic mass is 32.2. The molecule has 0 amide bonds. The van der Waals surface area contributed by atoms with Gasteiger partial charge in [0.15, 0.2) is 0 Å². The molecule has 0 fully saturated rings. The minimum atomic E-state index is -3.86. The van der Waals surface area contributed by atoms with Crippen molar-refractivity contribution in [3.8, 4) is 0 Å². The van der Waals surface area contributed by atoms with Gasteiger partial charge in [0.1, 0.15) is 6.04 Å². The van der Waals surface area contributed by atoms with Crippen molar-refractivity contribution < 1.29 is 18.3 Å². The predicted molar refractivity (Wildman–Crippen MR) is 61.8 cm³/mol. The molecule has 6 nitrogen and oxygen atoms in total. The predicted octanol–water partition coefficient (Wildman–Crippen LogP) is -0.235. The molecule has 1 rings (SSSR count). The molecule has 0 saturated heterocycles. The van der Waals surface area contributed by atoms with Gasteiger partial charge in [0.2, 0.25) is 10.0 Å². The van der Waals surface area contributed by atoms with E-state index in [2.05, 4.69) is 4.72 Å². The van der Waals surface area contributed by atoms with Crippen LogP contribution in [0.2, 0.25) is 0 Å².